The normalized spacial score (nSPS) is 19.6. The lowest BCUT2D eigenvalue weighted by molar-refractivity contribution is -0.150. The summed E-state index contributed by atoms with van der Waals surface area (Å²) in [5, 5.41) is 9.07. The van der Waals surface area contributed by atoms with E-state index in [4.69, 9.17) is 9.84 Å². The smallest absolute Gasteiger partial charge is 0.422 e. The lowest BCUT2D eigenvalue weighted by Crippen LogP contribution is -2.50. The molecule has 0 spiro atoms. The quantitative estimate of drug-likeness (QED) is 0.784. The van der Waals surface area contributed by atoms with Gasteiger partial charge >= 0.3 is 22.3 Å². The number of carboxylic acids is 1. The van der Waals surface area contributed by atoms with Crippen molar-refractivity contribution in [3.8, 4) is 0 Å². The maximum absolute atomic E-state index is 11.9. The van der Waals surface area contributed by atoms with Gasteiger partial charge in [-0.15, -0.1) is 0 Å². The predicted octanol–water partition coefficient (Wildman–Crippen LogP) is 0.552. The summed E-state index contributed by atoms with van der Waals surface area (Å²) in [6, 6.07) is 0. The summed E-state index contributed by atoms with van der Waals surface area (Å²) in [4.78, 5) is 22.4. The Morgan fingerprint density at radius 3 is 2.20 bits per heavy atom. The van der Waals surface area contributed by atoms with E-state index in [-0.39, 0.29) is 25.9 Å². The number of nitrogens with one attached hydrogen (secondary N) is 1. The van der Waals surface area contributed by atoms with Crippen molar-refractivity contribution in [2.24, 2.45) is 5.41 Å². The van der Waals surface area contributed by atoms with E-state index < -0.39 is 33.8 Å². The molecule has 1 aliphatic rings. The molecule has 1 aliphatic heterocycles. The predicted molar refractivity (Wildman–Crippen MR) is 70.2 cm³/mol. The number of carbonyl (C=O) groups excluding carboxylic acids is 1. The molecule has 20 heavy (non-hydrogen) atoms. The lowest BCUT2D eigenvalue weighted by atomic mass is 9.81. The number of nitrogens with zero attached hydrogens (tertiary/aromatic N) is 1. The first kappa shape index (κ1) is 16.7. The molecular weight excluding hydrogens is 288 g/mol. The Kier molecular flexibility index (Phi) is 4.98. The number of piperidine rings is 1. The van der Waals surface area contributed by atoms with E-state index in [0.717, 1.165) is 4.31 Å². The molecule has 0 radical (unpaired) electrons. The zero-order valence-corrected chi connectivity index (χ0v) is 12.6. The Bertz CT molecular complexity index is 479. The maximum atomic E-state index is 11.9. The molecule has 1 saturated heterocycles. The van der Waals surface area contributed by atoms with Crippen LogP contribution in [-0.2, 0) is 19.7 Å². The van der Waals surface area contributed by atoms with Crippen molar-refractivity contribution in [3.63, 3.8) is 0 Å². The second-order valence-electron chi connectivity index (χ2n) is 5.33. The average molecular weight is 308 g/mol. The monoisotopic (exact) mass is 308 g/mol. The van der Waals surface area contributed by atoms with E-state index in [0.29, 0.717) is 0 Å². The Hall–Kier alpha value is -1.35. The van der Waals surface area contributed by atoms with Crippen LogP contribution in [0.25, 0.3) is 0 Å². The molecule has 2 N–H and O–H groups in total. The average Bonchev–Trinajstić information content (AvgIpc) is 2.27. The Balaban J connectivity index is 2.64. The summed E-state index contributed by atoms with van der Waals surface area (Å²) in [5.41, 5.74) is -0.926. The number of carboxylic acid groups (broad SMARTS) is 1. The van der Waals surface area contributed by atoms with E-state index >= 15 is 0 Å². The van der Waals surface area contributed by atoms with E-state index in [2.05, 4.69) is 0 Å². The van der Waals surface area contributed by atoms with E-state index in [9.17, 15) is 18.0 Å². The fourth-order valence-electron chi connectivity index (χ4n) is 1.84. The minimum absolute atomic E-state index is 0.0487. The van der Waals surface area contributed by atoms with Crippen LogP contribution in [0.3, 0.4) is 0 Å². The molecule has 1 fully saturated rings. The SMILES string of the molecule is CC(C)OC(=O)NS(=O)(=O)N1CCC(C)(C(=O)O)CC1. The molecule has 0 aromatic rings. The third-order valence-corrected chi connectivity index (χ3v) is 4.71. The van der Waals surface area contributed by atoms with E-state index in [1.54, 1.807) is 25.5 Å². The van der Waals surface area contributed by atoms with Crippen LogP contribution in [0.4, 0.5) is 4.79 Å². The van der Waals surface area contributed by atoms with Gasteiger partial charge in [0.1, 0.15) is 0 Å². The number of rotatable bonds is 4. The zero-order chi connectivity index (χ0) is 15.6. The fraction of sp³-hybridized carbons (Fsp3) is 0.818. The molecule has 0 aromatic carbocycles. The Morgan fingerprint density at radius 2 is 1.80 bits per heavy atom. The first-order valence-electron chi connectivity index (χ1n) is 6.29. The van der Waals surface area contributed by atoms with Crippen LogP contribution in [0.15, 0.2) is 0 Å². The van der Waals surface area contributed by atoms with Gasteiger partial charge in [0.15, 0.2) is 0 Å². The third kappa shape index (κ3) is 4.07. The second kappa shape index (κ2) is 5.96. The Morgan fingerprint density at radius 1 is 1.30 bits per heavy atom. The highest BCUT2D eigenvalue weighted by molar-refractivity contribution is 7.87. The second-order valence-corrected chi connectivity index (χ2v) is 7.00. The van der Waals surface area contributed by atoms with Crippen molar-refractivity contribution in [1.82, 2.24) is 9.03 Å². The maximum Gasteiger partial charge on any atom is 0.422 e. The highest BCUT2D eigenvalue weighted by Crippen LogP contribution is 2.31. The van der Waals surface area contributed by atoms with Crippen molar-refractivity contribution in [1.29, 1.82) is 0 Å². The van der Waals surface area contributed by atoms with Gasteiger partial charge < -0.3 is 9.84 Å². The minimum atomic E-state index is -3.99. The largest absolute Gasteiger partial charge is 0.481 e. The molecule has 116 valence electrons. The molecule has 0 aliphatic carbocycles. The minimum Gasteiger partial charge on any atom is -0.481 e. The number of hydrogen-bond acceptors (Lipinski definition) is 5. The third-order valence-electron chi connectivity index (χ3n) is 3.24. The molecular formula is C11H20N2O6S. The van der Waals surface area contributed by atoms with Gasteiger partial charge in [0.25, 0.3) is 0 Å². The van der Waals surface area contributed by atoms with E-state index in [1.807, 2.05) is 0 Å². The van der Waals surface area contributed by atoms with Crippen LogP contribution in [0, 0.1) is 5.41 Å². The first-order chi connectivity index (χ1) is 9.07. The highest BCUT2D eigenvalue weighted by atomic mass is 32.2. The van der Waals surface area contributed by atoms with Crippen LogP contribution in [-0.4, -0.2) is 49.1 Å². The fourth-order valence-corrected chi connectivity index (χ4v) is 2.89. The van der Waals surface area contributed by atoms with Crippen molar-refractivity contribution in [2.75, 3.05) is 13.1 Å². The van der Waals surface area contributed by atoms with Crippen molar-refractivity contribution >= 4 is 22.3 Å². The number of hydrogen-bond donors (Lipinski definition) is 2. The van der Waals surface area contributed by atoms with Gasteiger partial charge in [0.2, 0.25) is 0 Å². The Labute approximate surface area is 118 Å². The van der Waals surface area contributed by atoms with Crippen LogP contribution < -0.4 is 4.72 Å². The molecule has 0 saturated carbocycles. The number of carbonyl (C=O) groups is 2. The molecule has 9 heteroatoms. The van der Waals surface area contributed by atoms with Gasteiger partial charge in [-0.1, -0.05) is 0 Å². The summed E-state index contributed by atoms with van der Waals surface area (Å²) >= 11 is 0. The number of amides is 1. The molecule has 1 rings (SSSR count). The lowest BCUT2D eigenvalue weighted by Gasteiger charge is -2.35. The summed E-state index contributed by atoms with van der Waals surface area (Å²) in [6.45, 7) is 4.89. The van der Waals surface area contributed by atoms with Crippen molar-refractivity contribution in [2.45, 2.75) is 39.7 Å². The topological polar surface area (TPSA) is 113 Å². The van der Waals surface area contributed by atoms with Crippen LogP contribution in [0.2, 0.25) is 0 Å². The number of ether oxygens (including phenoxy) is 1. The molecule has 0 unspecified atom stereocenters. The molecule has 8 nitrogen and oxygen atoms in total. The first-order valence-corrected chi connectivity index (χ1v) is 7.73. The molecule has 1 amide bonds. The van der Waals surface area contributed by atoms with Crippen LogP contribution in [0.1, 0.15) is 33.6 Å². The van der Waals surface area contributed by atoms with E-state index in [1.165, 1.54) is 0 Å². The van der Waals surface area contributed by atoms with Crippen molar-refractivity contribution in [3.05, 3.63) is 0 Å². The number of aliphatic carboxylic acids is 1. The van der Waals surface area contributed by atoms with Crippen LogP contribution >= 0.6 is 0 Å². The summed E-state index contributed by atoms with van der Waals surface area (Å²) < 4.78 is 31.4. The highest BCUT2D eigenvalue weighted by Gasteiger charge is 2.40. The summed E-state index contributed by atoms with van der Waals surface area (Å²) in [5.74, 6) is -0.943. The van der Waals surface area contributed by atoms with Gasteiger partial charge in [-0.2, -0.15) is 12.7 Å². The van der Waals surface area contributed by atoms with Gasteiger partial charge in [-0.05, 0) is 33.6 Å². The van der Waals surface area contributed by atoms with Crippen molar-refractivity contribution < 1.29 is 27.9 Å². The molecule has 0 atom stereocenters. The van der Waals surface area contributed by atoms with Gasteiger partial charge in [-0.25, -0.2) is 9.52 Å². The summed E-state index contributed by atoms with van der Waals surface area (Å²) in [7, 11) is -3.99. The molecule has 0 aromatic heterocycles. The zero-order valence-electron chi connectivity index (χ0n) is 11.7. The van der Waals surface area contributed by atoms with Gasteiger partial charge in [-0.3, -0.25) is 4.79 Å². The standard InChI is InChI=1S/C11H20N2O6S/c1-8(2)19-10(16)12-20(17,18)13-6-4-11(3,5-7-13)9(14)15/h8H,4-7H2,1-3H3,(H,12,16)(H,14,15). The molecule has 0 bridgehead atoms. The summed E-state index contributed by atoms with van der Waals surface area (Å²) in [6.07, 6.45) is -1.07. The molecule has 1 heterocycles. The van der Waals surface area contributed by atoms with Gasteiger partial charge in [0, 0.05) is 13.1 Å². The van der Waals surface area contributed by atoms with Crippen LogP contribution in [0.5, 0.6) is 0 Å². The van der Waals surface area contributed by atoms with Gasteiger partial charge in [0.05, 0.1) is 11.5 Å².